The molecule has 1 aromatic carbocycles. The van der Waals surface area contributed by atoms with Crippen LogP contribution in [0.3, 0.4) is 0 Å². The summed E-state index contributed by atoms with van der Waals surface area (Å²) >= 11 is 0. The Hall–Kier alpha value is -0.860. The normalized spacial score (nSPS) is 13.0. The summed E-state index contributed by atoms with van der Waals surface area (Å²) in [4.78, 5) is 0. The van der Waals surface area contributed by atoms with Crippen molar-refractivity contribution in [1.82, 2.24) is 5.32 Å². The first-order chi connectivity index (χ1) is 8.95. The van der Waals surface area contributed by atoms with E-state index in [1.165, 1.54) is 22.3 Å². The third kappa shape index (κ3) is 4.96. The second-order valence-electron chi connectivity index (χ2n) is 5.77. The van der Waals surface area contributed by atoms with E-state index in [-0.39, 0.29) is 0 Å². The maximum Gasteiger partial charge on any atom is 0.0622 e. The number of nitrogens with one attached hydrogen (secondary N) is 1. The van der Waals surface area contributed by atoms with Gasteiger partial charge in [-0.2, -0.15) is 0 Å². The van der Waals surface area contributed by atoms with Crippen LogP contribution in [-0.4, -0.2) is 19.3 Å². The molecule has 0 amide bonds. The molecule has 0 saturated heterocycles. The third-order valence-electron chi connectivity index (χ3n) is 3.69. The Morgan fingerprint density at radius 2 is 1.68 bits per heavy atom. The molecule has 1 unspecified atom stereocenters. The lowest BCUT2D eigenvalue weighted by molar-refractivity contribution is 0.108. The highest BCUT2D eigenvalue weighted by Crippen LogP contribution is 2.16. The van der Waals surface area contributed by atoms with E-state index in [9.17, 15) is 0 Å². The molecular weight excluding hydrogens is 234 g/mol. The summed E-state index contributed by atoms with van der Waals surface area (Å²) in [6.07, 6.45) is 0. The fraction of sp³-hybridized carbons (Fsp3) is 0.647. The predicted molar refractivity (Wildman–Crippen MR) is 82.6 cm³/mol. The molecule has 2 heteroatoms. The maximum atomic E-state index is 5.56. The molecule has 108 valence electrons. The Bertz CT molecular complexity index is 375. The van der Waals surface area contributed by atoms with Crippen LogP contribution in [0.5, 0.6) is 0 Å². The Kier molecular flexibility index (Phi) is 6.53. The Morgan fingerprint density at radius 3 is 2.16 bits per heavy atom. The van der Waals surface area contributed by atoms with E-state index in [0.717, 1.165) is 19.8 Å². The van der Waals surface area contributed by atoms with Gasteiger partial charge in [-0.25, -0.2) is 0 Å². The Morgan fingerprint density at radius 1 is 1.11 bits per heavy atom. The van der Waals surface area contributed by atoms with Crippen LogP contribution in [0.1, 0.15) is 43.0 Å². The molecule has 0 heterocycles. The number of benzene rings is 1. The van der Waals surface area contributed by atoms with E-state index >= 15 is 0 Å². The minimum atomic E-state index is 0.417. The summed E-state index contributed by atoms with van der Waals surface area (Å²) in [5.41, 5.74) is 5.52. The number of hydrogen-bond acceptors (Lipinski definition) is 2. The minimum Gasteiger partial charge on any atom is -0.380 e. The summed E-state index contributed by atoms with van der Waals surface area (Å²) in [7, 11) is 0. The topological polar surface area (TPSA) is 21.3 Å². The van der Waals surface area contributed by atoms with E-state index in [1.807, 2.05) is 6.92 Å². The van der Waals surface area contributed by atoms with Crippen molar-refractivity contribution in [2.24, 2.45) is 5.92 Å². The summed E-state index contributed by atoms with van der Waals surface area (Å²) in [6.45, 7) is 15.6. The van der Waals surface area contributed by atoms with E-state index in [1.54, 1.807) is 0 Å². The molecule has 2 nitrogen and oxygen atoms in total. The van der Waals surface area contributed by atoms with Gasteiger partial charge in [-0.3, -0.25) is 0 Å². The Labute approximate surface area is 118 Å². The molecular formula is C17H29NO. The molecule has 1 atom stereocenters. The molecule has 0 bridgehead atoms. The highest BCUT2D eigenvalue weighted by atomic mass is 16.5. The van der Waals surface area contributed by atoms with Crippen LogP contribution in [0.25, 0.3) is 0 Å². The van der Waals surface area contributed by atoms with Gasteiger partial charge in [0.15, 0.2) is 0 Å². The molecule has 0 aliphatic rings. The van der Waals surface area contributed by atoms with E-state index in [0.29, 0.717) is 12.0 Å². The number of aryl methyl sites for hydroxylation is 3. The first-order valence-corrected chi connectivity index (χ1v) is 7.33. The van der Waals surface area contributed by atoms with Gasteiger partial charge in [0.25, 0.3) is 0 Å². The van der Waals surface area contributed by atoms with Gasteiger partial charge in [-0.05, 0) is 50.3 Å². The van der Waals surface area contributed by atoms with Crippen molar-refractivity contribution in [3.8, 4) is 0 Å². The second kappa shape index (κ2) is 7.66. The molecule has 0 saturated carbocycles. The largest absolute Gasteiger partial charge is 0.380 e. The molecule has 0 aromatic heterocycles. The van der Waals surface area contributed by atoms with Crippen molar-refractivity contribution in [3.05, 3.63) is 34.4 Å². The molecule has 0 aliphatic carbocycles. The van der Waals surface area contributed by atoms with Crippen LogP contribution >= 0.6 is 0 Å². The van der Waals surface area contributed by atoms with E-state index in [2.05, 4.69) is 52.1 Å². The zero-order chi connectivity index (χ0) is 14.4. The fourth-order valence-corrected chi connectivity index (χ4v) is 2.45. The zero-order valence-electron chi connectivity index (χ0n) is 13.3. The Balaban J connectivity index is 2.69. The average Bonchev–Trinajstić information content (AvgIpc) is 2.31. The highest BCUT2D eigenvalue weighted by Gasteiger charge is 2.14. The number of hydrogen-bond donors (Lipinski definition) is 1. The van der Waals surface area contributed by atoms with Gasteiger partial charge in [-0.15, -0.1) is 0 Å². The summed E-state index contributed by atoms with van der Waals surface area (Å²) in [6, 6.07) is 4.94. The quantitative estimate of drug-likeness (QED) is 0.808. The van der Waals surface area contributed by atoms with Crippen LogP contribution in [0, 0.1) is 26.7 Å². The summed E-state index contributed by atoms with van der Waals surface area (Å²) < 4.78 is 5.56. The first kappa shape index (κ1) is 16.2. The molecule has 0 spiro atoms. The fourth-order valence-electron chi connectivity index (χ4n) is 2.45. The monoisotopic (exact) mass is 263 g/mol. The van der Waals surface area contributed by atoms with Gasteiger partial charge in [0.2, 0.25) is 0 Å². The van der Waals surface area contributed by atoms with Gasteiger partial charge in [0.05, 0.1) is 6.61 Å². The SMILES string of the molecule is CCOCC(NCc1c(C)cc(C)cc1C)C(C)C. The van der Waals surface area contributed by atoms with Crippen molar-refractivity contribution in [2.75, 3.05) is 13.2 Å². The standard InChI is InChI=1S/C17H29NO/c1-7-19-11-17(12(2)3)18-10-16-14(5)8-13(4)9-15(16)6/h8-9,12,17-18H,7,10-11H2,1-6H3. The van der Waals surface area contributed by atoms with Crippen molar-refractivity contribution >= 4 is 0 Å². The van der Waals surface area contributed by atoms with Gasteiger partial charge in [0, 0.05) is 19.2 Å². The van der Waals surface area contributed by atoms with E-state index < -0.39 is 0 Å². The molecule has 0 fully saturated rings. The van der Waals surface area contributed by atoms with Crippen molar-refractivity contribution in [3.63, 3.8) is 0 Å². The number of rotatable bonds is 7. The van der Waals surface area contributed by atoms with Gasteiger partial charge >= 0.3 is 0 Å². The van der Waals surface area contributed by atoms with Crippen LogP contribution in [0.2, 0.25) is 0 Å². The first-order valence-electron chi connectivity index (χ1n) is 7.33. The molecule has 1 N–H and O–H groups in total. The maximum absolute atomic E-state index is 5.56. The zero-order valence-corrected chi connectivity index (χ0v) is 13.3. The van der Waals surface area contributed by atoms with E-state index in [4.69, 9.17) is 4.74 Å². The summed E-state index contributed by atoms with van der Waals surface area (Å²) in [5.74, 6) is 0.581. The van der Waals surface area contributed by atoms with Gasteiger partial charge < -0.3 is 10.1 Å². The third-order valence-corrected chi connectivity index (χ3v) is 3.69. The highest BCUT2D eigenvalue weighted by molar-refractivity contribution is 5.37. The number of ether oxygens (including phenoxy) is 1. The molecule has 19 heavy (non-hydrogen) atoms. The van der Waals surface area contributed by atoms with Crippen LogP contribution < -0.4 is 5.32 Å². The van der Waals surface area contributed by atoms with Crippen molar-refractivity contribution < 1.29 is 4.74 Å². The lowest BCUT2D eigenvalue weighted by atomic mass is 9.98. The molecule has 0 radical (unpaired) electrons. The lowest BCUT2D eigenvalue weighted by Gasteiger charge is -2.23. The van der Waals surface area contributed by atoms with Gasteiger partial charge in [-0.1, -0.05) is 31.5 Å². The second-order valence-corrected chi connectivity index (χ2v) is 5.77. The average molecular weight is 263 g/mol. The van der Waals surface area contributed by atoms with Crippen molar-refractivity contribution in [1.29, 1.82) is 0 Å². The summed E-state index contributed by atoms with van der Waals surface area (Å²) in [5, 5.41) is 3.65. The minimum absolute atomic E-state index is 0.417. The van der Waals surface area contributed by atoms with Crippen LogP contribution in [-0.2, 0) is 11.3 Å². The van der Waals surface area contributed by atoms with Crippen molar-refractivity contribution in [2.45, 2.75) is 54.1 Å². The molecule has 1 rings (SSSR count). The van der Waals surface area contributed by atoms with Gasteiger partial charge in [0.1, 0.15) is 0 Å². The van der Waals surface area contributed by atoms with Crippen LogP contribution in [0.15, 0.2) is 12.1 Å². The molecule has 0 aliphatic heterocycles. The molecule has 1 aromatic rings. The lowest BCUT2D eigenvalue weighted by Crippen LogP contribution is -2.37. The van der Waals surface area contributed by atoms with Crippen LogP contribution in [0.4, 0.5) is 0 Å². The predicted octanol–water partition coefficient (Wildman–Crippen LogP) is 3.76. The smallest absolute Gasteiger partial charge is 0.0622 e.